The summed E-state index contributed by atoms with van der Waals surface area (Å²) in [6, 6.07) is 11.6. The molecule has 2 aromatic rings. The Bertz CT molecular complexity index is 772. The maximum atomic E-state index is 12.4. The summed E-state index contributed by atoms with van der Waals surface area (Å²) in [5.41, 5.74) is 1.33. The second-order valence-corrected chi connectivity index (χ2v) is 5.24. The summed E-state index contributed by atoms with van der Waals surface area (Å²) in [7, 11) is 1.31. The number of anilines is 1. The molecule has 0 aromatic heterocycles. The number of hydrogen-bond acceptors (Lipinski definition) is 5. The van der Waals surface area contributed by atoms with Crippen LogP contribution in [0.1, 0.15) is 27.1 Å². The Morgan fingerprint density at radius 2 is 1.79 bits per heavy atom. The van der Waals surface area contributed by atoms with E-state index in [2.05, 4.69) is 10.1 Å². The van der Waals surface area contributed by atoms with Crippen LogP contribution in [0.15, 0.2) is 42.5 Å². The molecule has 3 rings (SSSR count). The Morgan fingerprint density at radius 1 is 1.00 bits per heavy atom. The molecule has 1 amide bonds. The molecule has 0 radical (unpaired) electrons. The van der Waals surface area contributed by atoms with Crippen molar-refractivity contribution in [2.75, 3.05) is 25.6 Å². The third-order valence-electron chi connectivity index (χ3n) is 3.55. The van der Waals surface area contributed by atoms with Crippen LogP contribution in [0, 0.1) is 0 Å². The minimum atomic E-state index is -0.457. The summed E-state index contributed by atoms with van der Waals surface area (Å²) >= 11 is 0. The number of nitrogens with one attached hydrogen (secondary N) is 1. The lowest BCUT2D eigenvalue weighted by Crippen LogP contribution is -2.13. The number of hydrogen-bond donors (Lipinski definition) is 1. The van der Waals surface area contributed by atoms with Crippen molar-refractivity contribution in [1.29, 1.82) is 0 Å². The molecule has 24 heavy (non-hydrogen) atoms. The third kappa shape index (κ3) is 3.48. The molecule has 0 saturated heterocycles. The lowest BCUT2D eigenvalue weighted by atomic mass is 10.1. The van der Waals surface area contributed by atoms with Gasteiger partial charge in [-0.1, -0.05) is 6.07 Å². The zero-order valence-electron chi connectivity index (χ0n) is 13.2. The number of benzene rings is 2. The third-order valence-corrected chi connectivity index (χ3v) is 3.55. The van der Waals surface area contributed by atoms with Gasteiger partial charge >= 0.3 is 5.97 Å². The summed E-state index contributed by atoms with van der Waals surface area (Å²) in [6.45, 7) is 1.15. The topological polar surface area (TPSA) is 73.9 Å². The Morgan fingerprint density at radius 3 is 2.58 bits per heavy atom. The van der Waals surface area contributed by atoms with Crippen molar-refractivity contribution in [2.45, 2.75) is 6.42 Å². The largest absolute Gasteiger partial charge is 0.490 e. The highest BCUT2D eigenvalue weighted by molar-refractivity contribution is 6.05. The van der Waals surface area contributed by atoms with Gasteiger partial charge < -0.3 is 19.5 Å². The van der Waals surface area contributed by atoms with E-state index in [0.29, 0.717) is 41.5 Å². The van der Waals surface area contributed by atoms with Crippen LogP contribution in [0.25, 0.3) is 0 Å². The molecule has 0 fully saturated rings. The van der Waals surface area contributed by atoms with Gasteiger partial charge in [-0.05, 0) is 36.4 Å². The van der Waals surface area contributed by atoms with Crippen LogP contribution in [-0.2, 0) is 4.74 Å². The van der Waals surface area contributed by atoms with Gasteiger partial charge in [-0.3, -0.25) is 4.79 Å². The predicted molar refractivity (Wildman–Crippen MR) is 87.8 cm³/mol. The van der Waals surface area contributed by atoms with Gasteiger partial charge in [-0.15, -0.1) is 0 Å². The Balaban J connectivity index is 1.78. The smallest absolute Gasteiger partial charge is 0.337 e. The fraction of sp³-hybridized carbons (Fsp3) is 0.222. The fourth-order valence-corrected chi connectivity index (χ4v) is 2.35. The maximum Gasteiger partial charge on any atom is 0.337 e. The molecule has 2 aromatic carbocycles. The zero-order chi connectivity index (χ0) is 16.9. The number of carbonyl (C=O) groups excluding carboxylic acids is 2. The van der Waals surface area contributed by atoms with Crippen LogP contribution in [0.5, 0.6) is 11.5 Å². The number of ether oxygens (including phenoxy) is 3. The molecule has 0 aliphatic carbocycles. The lowest BCUT2D eigenvalue weighted by molar-refractivity contribution is 0.0600. The van der Waals surface area contributed by atoms with Gasteiger partial charge in [-0.2, -0.15) is 0 Å². The number of carbonyl (C=O) groups is 2. The van der Waals surface area contributed by atoms with E-state index < -0.39 is 5.97 Å². The molecule has 0 saturated carbocycles. The molecule has 0 spiro atoms. The van der Waals surface area contributed by atoms with E-state index in [1.165, 1.54) is 7.11 Å². The number of amides is 1. The average Bonchev–Trinajstić information content (AvgIpc) is 2.85. The molecule has 124 valence electrons. The Hall–Kier alpha value is -3.02. The van der Waals surface area contributed by atoms with Crippen molar-refractivity contribution in [3.8, 4) is 11.5 Å². The molecule has 0 atom stereocenters. The van der Waals surface area contributed by atoms with E-state index in [4.69, 9.17) is 9.47 Å². The van der Waals surface area contributed by atoms with E-state index in [0.717, 1.165) is 6.42 Å². The summed E-state index contributed by atoms with van der Waals surface area (Å²) in [5.74, 6) is 0.439. The highest BCUT2D eigenvalue weighted by atomic mass is 16.5. The normalized spacial score (nSPS) is 12.9. The first kappa shape index (κ1) is 15.9. The van der Waals surface area contributed by atoms with Crippen LogP contribution in [0.3, 0.4) is 0 Å². The van der Waals surface area contributed by atoms with Crippen molar-refractivity contribution in [2.24, 2.45) is 0 Å². The maximum absolute atomic E-state index is 12.4. The molecular weight excluding hydrogens is 310 g/mol. The van der Waals surface area contributed by atoms with Gasteiger partial charge in [0.05, 0.1) is 25.9 Å². The first-order chi connectivity index (χ1) is 11.7. The van der Waals surface area contributed by atoms with Crippen LogP contribution in [0.4, 0.5) is 5.69 Å². The summed E-state index contributed by atoms with van der Waals surface area (Å²) in [5, 5.41) is 2.76. The molecule has 1 N–H and O–H groups in total. The van der Waals surface area contributed by atoms with Crippen LogP contribution >= 0.6 is 0 Å². The van der Waals surface area contributed by atoms with Crippen LogP contribution in [-0.4, -0.2) is 32.2 Å². The molecule has 1 aliphatic rings. The first-order valence-corrected chi connectivity index (χ1v) is 7.57. The minimum Gasteiger partial charge on any atom is -0.490 e. The van der Waals surface area contributed by atoms with Crippen molar-refractivity contribution >= 4 is 17.6 Å². The second-order valence-electron chi connectivity index (χ2n) is 5.24. The van der Waals surface area contributed by atoms with Crippen LogP contribution in [0.2, 0.25) is 0 Å². The SMILES string of the molecule is COC(=O)c1cccc(NC(=O)c2ccc3c(c2)OCCCO3)c1. The molecule has 1 aliphatic heterocycles. The molecular formula is C18H17NO5. The van der Waals surface area contributed by atoms with Gasteiger partial charge in [0.1, 0.15) is 0 Å². The van der Waals surface area contributed by atoms with Gasteiger partial charge in [0.25, 0.3) is 5.91 Å². The van der Waals surface area contributed by atoms with Gasteiger partial charge in [0.2, 0.25) is 0 Å². The van der Waals surface area contributed by atoms with E-state index in [1.54, 1.807) is 42.5 Å². The first-order valence-electron chi connectivity index (χ1n) is 7.57. The summed E-state index contributed by atoms with van der Waals surface area (Å²) in [6.07, 6.45) is 0.802. The number of methoxy groups -OCH3 is 1. The summed E-state index contributed by atoms with van der Waals surface area (Å²) in [4.78, 5) is 24.0. The molecule has 1 heterocycles. The van der Waals surface area contributed by atoms with Gasteiger partial charge in [0, 0.05) is 17.7 Å². The molecule has 0 unspecified atom stereocenters. The molecule has 6 nitrogen and oxygen atoms in total. The van der Waals surface area contributed by atoms with Gasteiger partial charge in [-0.25, -0.2) is 4.79 Å². The van der Waals surface area contributed by atoms with E-state index in [9.17, 15) is 9.59 Å². The van der Waals surface area contributed by atoms with Crippen LogP contribution < -0.4 is 14.8 Å². The van der Waals surface area contributed by atoms with Gasteiger partial charge in [0.15, 0.2) is 11.5 Å². The quantitative estimate of drug-likeness (QED) is 0.878. The van der Waals surface area contributed by atoms with E-state index in [-0.39, 0.29) is 5.91 Å². The minimum absolute atomic E-state index is 0.298. The number of esters is 1. The Labute approximate surface area is 139 Å². The predicted octanol–water partition coefficient (Wildman–Crippen LogP) is 2.89. The monoisotopic (exact) mass is 327 g/mol. The lowest BCUT2D eigenvalue weighted by Gasteiger charge is -2.10. The number of rotatable bonds is 3. The zero-order valence-corrected chi connectivity index (χ0v) is 13.2. The summed E-state index contributed by atoms with van der Waals surface area (Å²) < 4.78 is 15.8. The number of fused-ring (bicyclic) bond motifs is 1. The van der Waals surface area contributed by atoms with E-state index in [1.807, 2.05) is 0 Å². The standard InChI is InChI=1S/C18H17NO5/c1-22-18(21)13-4-2-5-14(10-13)19-17(20)12-6-7-15-16(11-12)24-9-3-8-23-15/h2,4-7,10-11H,3,8-9H2,1H3,(H,19,20). The molecule has 6 heteroatoms. The Kier molecular flexibility index (Phi) is 4.65. The highest BCUT2D eigenvalue weighted by Gasteiger charge is 2.15. The highest BCUT2D eigenvalue weighted by Crippen LogP contribution is 2.30. The van der Waals surface area contributed by atoms with Crippen molar-refractivity contribution in [3.05, 3.63) is 53.6 Å². The van der Waals surface area contributed by atoms with Crippen molar-refractivity contribution in [1.82, 2.24) is 0 Å². The second kappa shape index (κ2) is 7.04. The van der Waals surface area contributed by atoms with Crippen molar-refractivity contribution < 1.29 is 23.8 Å². The fourth-order valence-electron chi connectivity index (χ4n) is 2.35. The van der Waals surface area contributed by atoms with E-state index >= 15 is 0 Å². The van der Waals surface area contributed by atoms with Crippen molar-refractivity contribution in [3.63, 3.8) is 0 Å². The molecule has 0 bridgehead atoms. The average molecular weight is 327 g/mol.